The molecule has 0 unspecified atom stereocenters. The normalized spacial score (nSPS) is 38.3. The van der Waals surface area contributed by atoms with E-state index in [1.54, 1.807) is 33.6 Å². The number of benzene rings is 1. The molecule has 1 N–H and O–H groups in total. The van der Waals surface area contributed by atoms with Crippen molar-refractivity contribution in [1.29, 1.82) is 0 Å². The zero-order valence-corrected chi connectivity index (χ0v) is 29.8. The molecule has 3 saturated carbocycles. The van der Waals surface area contributed by atoms with Crippen LogP contribution < -0.4 is 11.4 Å². The van der Waals surface area contributed by atoms with Crippen molar-refractivity contribution in [1.82, 2.24) is 13.9 Å². The summed E-state index contributed by atoms with van der Waals surface area (Å²) in [5, 5.41) is 10.3. The summed E-state index contributed by atoms with van der Waals surface area (Å²) in [7, 11) is 0. The molecule has 2 aromatic rings. The van der Waals surface area contributed by atoms with Crippen LogP contribution in [0, 0.1) is 34.5 Å². The lowest BCUT2D eigenvalue weighted by molar-refractivity contribution is -0.247. The Kier molecular flexibility index (Phi) is 7.94. The Labute approximate surface area is 291 Å². The van der Waals surface area contributed by atoms with E-state index < -0.39 is 57.6 Å². The van der Waals surface area contributed by atoms with Crippen LogP contribution in [0.15, 0.2) is 64.2 Å². The number of aromatic nitrogens is 3. The molecule has 50 heavy (non-hydrogen) atoms. The molecule has 0 radical (unpaired) electrons. The molecular formula is C39H49N3O8. The number of rotatable bonds is 8. The Balaban J connectivity index is 1.45. The molecule has 1 aromatic heterocycles. The molecule has 11 heteroatoms. The summed E-state index contributed by atoms with van der Waals surface area (Å²) < 4.78 is 16.7. The third kappa shape index (κ3) is 4.53. The first-order valence-corrected chi connectivity index (χ1v) is 18.0. The van der Waals surface area contributed by atoms with Gasteiger partial charge in [0.25, 0.3) is 0 Å². The first-order valence-electron chi connectivity index (χ1n) is 18.0. The quantitative estimate of drug-likeness (QED) is 0.245. The van der Waals surface area contributed by atoms with Crippen LogP contribution in [0.3, 0.4) is 0 Å². The number of para-hydroxylation sites is 1. The number of ether oxygens (including phenoxy) is 2. The topological polar surface area (TPSA) is 139 Å². The second-order valence-electron chi connectivity index (χ2n) is 16.4. The summed E-state index contributed by atoms with van der Waals surface area (Å²) >= 11 is 0. The van der Waals surface area contributed by atoms with Gasteiger partial charge in [-0.2, -0.15) is 0 Å². The van der Waals surface area contributed by atoms with Crippen LogP contribution in [0.5, 0.6) is 0 Å². The Morgan fingerprint density at radius 2 is 1.68 bits per heavy atom. The van der Waals surface area contributed by atoms with Crippen LogP contribution in [0.2, 0.25) is 0 Å². The van der Waals surface area contributed by atoms with E-state index in [2.05, 4.69) is 39.0 Å². The van der Waals surface area contributed by atoms with Gasteiger partial charge in [0.05, 0.1) is 16.8 Å². The Bertz CT molecular complexity index is 1900. The maximum atomic E-state index is 15.0. The van der Waals surface area contributed by atoms with Crippen molar-refractivity contribution in [2.75, 3.05) is 0 Å². The van der Waals surface area contributed by atoms with Crippen molar-refractivity contribution in [2.24, 2.45) is 34.5 Å². The number of aliphatic hydroxyl groups is 1. The Morgan fingerprint density at radius 1 is 1.00 bits per heavy atom. The molecule has 2 bridgehead atoms. The number of carbonyl (C=O) groups excluding carboxylic acids is 3. The van der Waals surface area contributed by atoms with E-state index in [0.29, 0.717) is 18.4 Å². The van der Waals surface area contributed by atoms with Crippen molar-refractivity contribution >= 4 is 18.2 Å². The molecule has 8 rings (SSSR count). The lowest BCUT2D eigenvalue weighted by Crippen LogP contribution is -2.79. The van der Waals surface area contributed by atoms with Gasteiger partial charge in [0.2, 0.25) is 0 Å². The van der Waals surface area contributed by atoms with Crippen LogP contribution in [-0.4, -0.2) is 55.1 Å². The summed E-state index contributed by atoms with van der Waals surface area (Å²) in [6.07, 6.45) is 11.6. The number of hydrogen-bond acceptors (Lipinski definition) is 8. The molecule has 4 aliphatic carbocycles. The van der Waals surface area contributed by atoms with E-state index in [4.69, 9.17) is 9.47 Å². The molecule has 1 aromatic carbocycles. The minimum Gasteiger partial charge on any atom is -0.462 e. The van der Waals surface area contributed by atoms with Crippen molar-refractivity contribution in [3.8, 4) is 5.69 Å². The third-order valence-electron chi connectivity index (χ3n) is 13.7. The summed E-state index contributed by atoms with van der Waals surface area (Å²) in [5.41, 5.74) is -4.89. The van der Waals surface area contributed by atoms with Gasteiger partial charge in [-0.05, 0) is 73.8 Å². The highest BCUT2D eigenvalue weighted by Gasteiger charge is 2.77. The van der Waals surface area contributed by atoms with E-state index in [9.17, 15) is 29.1 Å². The Morgan fingerprint density at radius 3 is 2.34 bits per heavy atom. The highest BCUT2D eigenvalue weighted by molar-refractivity contribution is 5.67. The van der Waals surface area contributed by atoms with Gasteiger partial charge < -0.3 is 19.4 Å². The molecule has 0 saturated heterocycles. The molecule has 0 amide bonds. The van der Waals surface area contributed by atoms with Crippen molar-refractivity contribution in [3.05, 3.63) is 75.6 Å². The van der Waals surface area contributed by atoms with Crippen LogP contribution >= 0.6 is 0 Å². The van der Waals surface area contributed by atoms with Crippen LogP contribution in [0.25, 0.3) is 5.69 Å². The van der Waals surface area contributed by atoms with Gasteiger partial charge in [0.1, 0.15) is 17.8 Å². The minimum atomic E-state index is -1.42. The average molecular weight is 688 g/mol. The minimum absolute atomic E-state index is 0.0294. The second kappa shape index (κ2) is 11.5. The highest BCUT2D eigenvalue weighted by Crippen LogP contribution is 2.74. The summed E-state index contributed by atoms with van der Waals surface area (Å²) in [6, 6.07) is 8.96. The summed E-state index contributed by atoms with van der Waals surface area (Å²) in [5.74, 6) is -0.735. The predicted molar refractivity (Wildman–Crippen MR) is 184 cm³/mol. The van der Waals surface area contributed by atoms with Gasteiger partial charge in [-0.1, -0.05) is 63.3 Å². The third-order valence-corrected chi connectivity index (χ3v) is 13.7. The molecular weight excluding hydrogens is 638 g/mol. The fourth-order valence-corrected chi connectivity index (χ4v) is 11.7. The SMILES string of the molecule is CC(=O)O[C@H]1C[C@H](OC(C)=O)[C@]2(C)[C@H]3CC[C@]4(C)[C@@H]([C@H](C)/C=C/C[C@@](C)(O)C=O)CC[C@H]4[C@@]34C=C[C@]2(C1)n1c(=O)n(-c2ccccc2)c(=O)n14. The van der Waals surface area contributed by atoms with Crippen LogP contribution in [-0.2, 0) is 34.9 Å². The van der Waals surface area contributed by atoms with E-state index in [1.807, 2.05) is 12.1 Å². The van der Waals surface area contributed by atoms with E-state index >= 15 is 0 Å². The number of fused-ring (bicyclic) bond motifs is 1. The van der Waals surface area contributed by atoms with Gasteiger partial charge in [0.15, 0.2) is 6.29 Å². The highest BCUT2D eigenvalue weighted by atomic mass is 16.6. The number of esters is 2. The lowest BCUT2D eigenvalue weighted by Gasteiger charge is -2.72. The number of carbonyl (C=O) groups is 3. The summed E-state index contributed by atoms with van der Waals surface area (Å²) in [6.45, 7) is 10.9. The second-order valence-corrected chi connectivity index (χ2v) is 16.4. The zero-order chi connectivity index (χ0) is 36.0. The molecule has 3 heterocycles. The molecule has 2 spiro atoms. The van der Waals surface area contributed by atoms with Gasteiger partial charge in [-0.3, -0.25) is 9.59 Å². The van der Waals surface area contributed by atoms with E-state index in [0.717, 1.165) is 25.7 Å². The smallest absolute Gasteiger partial charge is 0.352 e. The predicted octanol–water partition coefficient (Wildman–Crippen LogP) is 4.41. The number of nitrogens with zero attached hydrogens (tertiary/aromatic N) is 3. The number of hydrogen-bond donors (Lipinski definition) is 1. The van der Waals surface area contributed by atoms with E-state index in [-0.39, 0.29) is 41.9 Å². The van der Waals surface area contributed by atoms with Gasteiger partial charge in [0, 0.05) is 38.5 Å². The van der Waals surface area contributed by atoms with Gasteiger partial charge in [-0.25, -0.2) is 23.5 Å². The molecule has 6 aliphatic rings. The van der Waals surface area contributed by atoms with Crippen molar-refractivity contribution < 1.29 is 29.0 Å². The average Bonchev–Trinajstić information content (AvgIpc) is 3.55. The lowest BCUT2D eigenvalue weighted by atomic mass is 9.39. The first kappa shape index (κ1) is 34.5. The standard InChI is InChI=1S/C39H49N3O8/c1-24(11-10-17-35(4,48)23-43)29-14-15-30-36(29,5)18-16-31-37(6)32(50-26(3)45)21-28(49-25(2)44)22-38(37)19-20-39(30,31)42-34(47)40(33(46)41(38)42)27-12-8-7-9-13-27/h7-13,19-20,23-24,28-32,48H,14-18,21-22H2,1-6H3/b11-10+/t24-,28+,29-,30-,31-,32+,35-,36-,37+,38-,39+/m1/s1. The van der Waals surface area contributed by atoms with Crippen molar-refractivity contribution in [2.45, 2.75) is 115 Å². The molecule has 2 aliphatic heterocycles. The summed E-state index contributed by atoms with van der Waals surface area (Å²) in [4.78, 5) is 66.3. The molecule has 268 valence electrons. The van der Waals surface area contributed by atoms with Gasteiger partial charge >= 0.3 is 23.3 Å². The Hall–Kier alpha value is -3.99. The monoisotopic (exact) mass is 687 g/mol. The molecule has 11 nitrogen and oxygen atoms in total. The fourth-order valence-electron chi connectivity index (χ4n) is 11.7. The van der Waals surface area contributed by atoms with Gasteiger partial charge in [-0.15, -0.1) is 0 Å². The molecule has 11 atom stereocenters. The molecule has 3 fully saturated rings. The first-order chi connectivity index (χ1) is 23.6. The zero-order valence-electron chi connectivity index (χ0n) is 29.8. The van der Waals surface area contributed by atoms with E-state index in [1.165, 1.54) is 25.3 Å². The van der Waals surface area contributed by atoms with Crippen LogP contribution in [0.4, 0.5) is 0 Å². The maximum absolute atomic E-state index is 15.0. The maximum Gasteiger partial charge on any atom is 0.352 e. The number of allylic oxidation sites excluding steroid dienone is 3. The van der Waals surface area contributed by atoms with Crippen molar-refractivity contribution in [3.63, 3.8) is 0 Å². The largest absolute Gasteiger partial charge is 0.462 e. The van der Waals surface area contributed by atoms with Crippen LogP contribution in [0.1, 0.15) is 86.5 Å². The number of aldehydes is 1. The fraction of sp³-hybridized carbons (Fsp3) is 0.615.